The summed E-state index contributed by atoms with van der Waals surface area (Å²) in [6.45, 7) is 1.85. The maximum absolute atomic E-state index is 14.6. The van der Waals surface area contributed by atoms with Crippen molar-refractivity contribution in [2.45, 2.75) is 25.5 Å². The van der Waals surface area contributed by atoms with Crippen LogP contribution in [0.2, 0.25) is 0 Å². The molecule has 2 aromatic carbocycles. The highest BCUT2D eigenvalue weighted by Gasteiger charge is 2.19. The molecule has 0 bridgehead atoms. The minimum Gasteiger partial charge on any atom is -0.489 e. The Labute approximate surface area is 252 Å². The number of halogens is 1. The van der Waals surface area contributed by atoms with Crippen molar-refractivity contribution < 1.29 is 17.5 Å². The number of imidazole rings is 1. The second kappa shape index (κ2) is 11.4. The molecule has 0 aliphatic carbocycles. The summed E-state index contributed by atoms with van der Waals surface area (Å²) in [6.07, 6.45) is 6.61. The van der Waals surface area contributed by atoms with Crippen LogP contribution in [0.1, 0.15) is 18.4 Å². The normalized spacial score (nSPS) is 14.4. The number of benzene rings is 2. The fourth-order valence-electron chi connectivity index (χ4n) is 5.45. The monoisotopic (exact) mass is 612 g/mol. The van der Waals surface area contributed by atoms with E-state index in [1.165, 1.54) is 12.1 Å². The number of sulfonamides is 1. The van der Waals surface area contributed by atoms with Crippen LogP contribution in [0.15, 0.2) is 67.0 Å². The van der Waals surface area contributed by atoms with Crippen molar-refractivity contribution in [3.05, 3.63) is 78.4 Å². The van der Waals surface area contributed by atoms with Crippen LogP contribution in [-0.2, 0) is 16.6 Å². The van der Waals surface area contributed by atoms with E-state index in [-0.39, 0.29) is 12.6 Å². The van der Waals surface area contributed by atoms with Crippen LogP contribution in [0.5, 0.6) is 5.75 Å². The van der Waals surface area contributed by atoms with E-state index < -0.39 is 15.8 Å². The van der Waals surface area contributed by atoms with Gasteiger partial charge in [-0.1, -0.05) is 12.1 Å². The van der Waals surface area contributed by atoms with Gasteiger partial charge in [0.15, 0.2) is 11.5 Å². The zero-order chi connectivity index (χ0) is 30.3. The molecule has 1 aliphatic heterocycles. The fraction of sp³-hybridized carbons (Fsp3) is 0.226. The number of aromatic amines is 2. The molecule has 5 heterocycles. The van der Waals surface area contributed by atoms with Gasteiger partial charge in [-0.15, -0.1) is 0 Å². The number of ether oxygens (including phenoxy) is 1. The molecule has 4 N–H and O–H groups in total. The van der Waals surface area contributed by atoms with E-state index in [1.807, 2.05) is 36.4 Å². The summed E-state index contributed by atoms with van der Waals surface area (Å²) in [5.74, 6) is 0.733. The number of nitrogens with one attached hydrogen (secondary N) is 4. The smallest absolute Gasteiger partial charge is 0.209 e. The van der Waals surface area contributed by atoms with Crippen LogP contribution < -0.4 is 14.8 Å². The van der Waals surface area contributed by atoms with Crippen molar-refractivity contribution >= 4 is 32.1 Å². The first kappa shape index (κ1) is 28.1. The van der Waals surface area contributed by atoms with E-state index in [9.17, 15) is 12.8 Å². The van der Waals surface area contributed by atoms with E-state index in [0.29, 0.717) is 45.0 Å². The van der Waals surface area contributed by atoms with E-state index >= 15 is 0 Å². The largest absolute Gasteiger partial charge is 0.489 e. The lowest BCUT2D eigenvalue weighted by Gasteiger charge is -2.23. The van der Waals surface area contributed by atoms with Crippen LogP contribution in [0.4, 0.5) is 4.39 Å². The number of aromatic nitrogens is 6. The van der Waals surface area contributed by atoms with Gasteiger partial charge in [0.2, 0.25) is 10.0 Å². The maximum atomic E-state index is 14.6. The van der Waals surface area contributed by atoms with Crippen LogP contribution >= 0.6 is 0 Å². The van der Waals surface area contributed by atoms with Gasteiger partial charge in [0.05, 0.1) is 34.7 Å². The molecule has 1 fully saturated rings. The molecule has 0 radical (unpaired) electrons. The number of pyridine rings is 2. The van der Waals surface area contributed by atoms with Crippen molar-refractivity contribution in [3.63, 3.8) is 0 Å². The molecule has 0 amide bonds. The van der Waals surface area contributed by atoms with Gasteiger partial charge in [0.25, 0.3) is 0 Å². The Morgan fingerprint density at radius 1 is 0.977 bits per heavy atom. The molecule has 13 heteroatoms. The molecule has 0 saturated carbocycles. The summed E-state index contributed by atoms with van der Waals surface area (Å²) >= 11 is 0. The average molecular weight is 613 g/mol. The molecule has 0 unspecified atom stereocenters. The van der Waals surface area contributed by atoms with Crippen molar-refractivity contribution in [2.24, 2.45) is 0 Å². The number of H-pyrrole nitrogens is 2. The molecule has 4 aromatic heterocycles. The van der Waals surface area contributed by atoms with Crippen LogP contribution in [-0.4, -0.2) is 64.0 Å². The van der Waals surface area contributed by atoms with Crippen molar-refractivity contribution in [1.82, 2.24) is 40.2 Å². The Hall–Kier alpha value is -4.72. The number of rotatable bonds is 8. The Kier molecular flexibility index (Phi) is 7.28. The zero-order valence-corrected chi connectivity index (χ0v) is 24.6. The number of piperidine rings is 1. The first-order valence-corrected chi connectivity index (χ1v) is 16.1. The minimum absolute atomic E-state index is 0.0265. The second-order valence-electron chi connectivity index (χ2n) is 10.9. The molecule has 0 spiro atoms. The Morgan fingerprint density at radius 2 is 1.84 bits per heavy atom. The molecular weight excluding hydrogens is 583 g/mol. The number of nitrogens with zero attached hydrogens (tertiary/aromatic N) is 4. The summed E-state index contributed by atoms with van der Waals surface area (Å²) in [5.41, 5.74) is 6.57. The number of fused-ring (bicyclic) bond motifs is 2. The third kappa shape index (κ3) is 5.89. The first-order chi connectivity index (χ1) is 21.3. The maximum Gasteiger partial charge on any atom is 0.209 e. The molecule has 0 atom stereocenters. The summed E-state index contributed by atoms with van der Waals surface area (Å²) in [5, 5.41) is 10.9. The Bertz CT molecular complexity index is 2100. The van der Waals surface area contributed by atoms with E-state index in [4.69, 9.17) is 14.7 Å². The summed E-state index contributed by atoms with van der Waals surface area (Å²) < 4.78 is 46.4. The molecule has 44 heavy (non-hydrogen) atoms. The van der Waals surface area contributed by atoms with Gasteiger partial charge in [0, 0.05) is 23.9 Å². The zero-order valence-electron chi connectivity index (χ0n) is 23.8. The van der Waals surface area contributed by atoms with Gasteiger partial charge in [0.1, 0.15) is 23.2 Å². The van der Waals surface area contributed by atoms with Crippen LogP contribution in [0.25, 0.3) is 56.0 Å². The second-order valence-corrected chi connectivity index (χ2v) is 12.7. The first-order valence-electron chi connectivity index (χ1n) is 14.2. The summed E-state index contributed by atoms with van der Waals surface area (Å²) in [6, 6.07) is 15.8. The molecular formula is C31H29FN8O3S. The van der Waals surface area contributed by atoms with Crippen molar-refractivity contribution in [1.29, 1.82) is 0 Å². The third-order valence-electron chi connectivity index (χ3n) is 7.55. The highest BCUT2D eigenvalue weighted by Crippen LogP contribution is 2.33. The van der Waals surface area contributed by atoms with E-state index in [0.717, 1.165) is 54.5 Å². The number of para-hydroxylation sites is 1. The van der Waals surface area contributed by atoms with Gasteiger partial charge in [-0.05, 0) is 79.5 Å². The Morgan fingerprint density at radius 3 is 2.68 bits per heavy atom. The van der Waals surface area contributed by atoms with E-state index in [2.05, 4.69) is 30.2 Å². The topological polar surface area (TPSA) is 151 Å². The van der Waals surface area contributed by atoms with Gasteiger partial charge >= 0.3 is 0 Å². The summed E-state index contributed by atoms with van der Waals surface area (Å²) in [7, 11) is -3.43. The molecule has 1 aliphatic rings. The predicted octanol–water partition coefficient (Wildman–Crippen LogP) is 4.55. The van der Waals surface area contributed by atoms with Crippen molar-refractivity contribution in [3.8, 4) is 39.7 Å². The molecule has 11 nitrogen and oxygen atoms in total. The molecule has 7 rings (SSSR count). The van der Waals surface area contributed by atoms with Crippen molar-refractivity contribution in [2.75, 3.05) is 19.3 Å². The Balaban J connectivity index is 1.23. The van der Waals surface area contributed by atoms with E-state index in [1.54, 1.807) is 18.5 Å². The minimum atomic E-state index is -3.43. The number of hydrogen-bond acceptors (Lipinski definition) is 8. The van der Waals surface area contributed by atoms with Gasteiger partial charge in [-0.25, -0.2) is 27.5 Å². The quantitative estimate of drug-likeness (QED) is 0.196. The lowest BCUT2D eigenvalue weighted by molar-refractivity contribution is 0.162. The third-order valence-corrected chi connectivity index (χ3v) is 8.22. The lowest BCUT2D eigenvalue weighted by Crippen LogP contribution is -2.34. The molecule has 1 saturated heterocycles. The average Bonchev–Trinajstić information content (AvgIpc) is 3.64. The SMILES string of the molecule is CS(=O)(=O)NCc1cc(F)cc(-c2cccc3[nH]c(-c4n[nH]c5ccc(-c6cncc(OC7CCNCC7)c6)nc45)nc23)c1. The fourth-order valence-corrected chi connectivity index (χ4v) is 5.88. The highest BCUT2D eigenvalue weighted by atomic mass is 32.2. The molecule has 6 aromatic rings. The lowest BCUT2D eigenvalue weighted by atomic mass is 10.0. The van der Waals surface area contributed by atoms with Gasteiger partial charge < -0.3 is 15.0 Å². The molecule has 224 valence electrons. The van der Waals surface area contributed by atoms with Gasteiger partial charge in [-0.3, -0.25) is 10.1 Å². The van der Waals surface area contributed by atoms with Crippen LogP contribution in [0.3, 0.4) is 0 Å². The number of hydrogen-bond donors (Lipinski definition) is 4. The predicted molar refractivity (Wildman–Crippen MR) is 166 cm³/mol. The van der Waals surface area contributed by atoms with Crippen LogP contribution in [0, 0.1) is 5.82 Å². The summed E-state index contributed by atoms with van der Waals surface area (Å²) in [4.78, 5) is 17.5. The highest BCUT2D eigenvalue weighted by molar-refractivity contribution is 7.88. The van der Waals surface area contributed by atoms with Gasteiger partial charge in [-0.2, -0.15) is 5.10 Å². The standard InChI is InChI=1S/C31H29FN8O3S/c1-44(41,42)35-15-18-11-19(13-21(32)12-18)24-3-2-4-26-28(24)38-31(37-26)30-29-27(39-40-30)6-5-25(36-29)20-14-23(17-34-16-20)43-22-7-9-33-10-8-22/h2-6,11-14,16-17,22,33,35H,7-10,15H2,1H3,(H,37,38)(H,39,40).